The molecule has 0 atom stereocenters. The third-order valence-electron chi connectivity index (χ3n) is 4.08. The first kappa shape index (κ1) is 20.2. The molecular weight excluding hydrogens is 340 g/mol. The van der Waals surface area contributed by atoms with Crippen LogP contribution in [0.4, 0.5) is 5.69 Å². The number of carbonyl (C=O) groups excluding carboxylic acids is 2. The summed E-state index contributed by atoms with van der Waals surface area (Å²) in [5, 5.41) is 8.88. The molecular formula is C22H24N2O3. The Hall–Kier alpha value is -3.13. The molecule has 5 nitrogen and oxygen atoms in total. The van der Waals surface area contributed by atoms with Crippen LogP contribution in [-0.2, 0) is 20.7 Å². The minimum Gasteiger partial charge on any atom is -0.456 e. The fraction of sp³-hybridized carbons (Fsp3) is 0.318. The molecule has 2 aromatic rings. The Morgan fingerprint density at radius 2 is 1.74 bits per heavy atom. The van der Waals surface area contributed by atoms with Crippen LogP contribution in [0.1, 0.15) is 29.5 Å². The van der Waals surface area contributed by atoms with Crippen molar-refractivity contribution in [2.24, 2.45) is 0 Å². The van der Waals surface area contributed by atoms with Gasteiger partial charge in [-0.1, -0.05) is 36.4 Å². The van der Waals surface area contributed by atoms with Crippen LogP contribution in [0.3, 0.4) is 0 Å². The maximum atomic E-state index is 12.6. The van der Waals surface area contributed by atoms with E-state index in [1.54, 1.807) is 0 Å². The van der Waals surface area contributed by atoms with Crippen LogP contribution in [-0.4, -0.2) is 25.0 Å². The molecule has 0 fully saturated rings. The van der Waals surface area contributed by atoms with Gasteiger partial charge in [-0.2, -0.15) is 5.26 Å². The summed E-state index contributed by atoms with van der Waals surface area (Å²) in [5.41, 5.74) is 3.82. The van der Waals surface area contributed by atoms with Crippen molar-refractivity contribution in [2.75, 3.05) is 18.1 Å². The van der Waals surface area contributed by atoms with E-state index in [0.717, 1.165) is 16.7 Å². The van der Waals surface area contributed by atoms with E-state index in [4.69, 9.17) is 10.00 Å². The molecule has 2 aromatic carbocycles. The van der Waals surface area contributed by atoms with Crippen molar-refractivity contribution in [3.63, 3.8) is 0 Å². The topological polar surface area (TPSA) is 70.4 Å². The first-order chi connectivity index (χ1) is 13.0. The molecule has 1 amide bonds. The minimum absolute atomic E-state index is 0.209. The highest BCUT2D eigenvalue weighted by Gasteiger charge is 2.18. The second kappa shape index (κ2) is 10.1. The highest BCUT2D eigenvalue weighted by Crippen LogP contribution is 2.19. The SMILES string of the molecule is Cc1cc(C)cc(N(CCC#N)C(=O)COC(=O)CCc2ccccc2)c1. The molecule has 0 aliphatic heterocycles. The monoisotopic (exact) mass is 364 g/mol. The number of ether oxygens (including phenoxy) is 1. The lowest BCUT2D eigenvalue weighted by molar-refractivity contribution is -0.147. The number of esters is 1. The van der Waals surface area contributed by atoms with Gasteiger partial charge in [-0.3, -0.25) is 9.59 Å². The van der Waals surface area contributed by atoms with Crippen molar-refractivity contribution in [2.45, 2.75) is 33.1 Å². The molecule has 0 unspecified atom stereocenters. The largest absolute Gasteiger partial charge is 0.456 e. The highest BCUT2D eigenvalue weighted by atomic mass is 16.5. The van der Waals surface area contributed by atoms with E-state index in [9.17, 15) is 9.59 Å². The summed E-state index contributed by atoms with van der Waals surface area (Å²) in [6.45, 7) is 3.84. The fourth-order valence-electron chi connectivity index (χ4n) is 2.85. The number of benzene rings is 2. The third kappa shape index (κ3) is 6.59. The van der Waals surface area contributed by atoms with Gasteiger partial charge in [-0.25, -0.2) is 0 Å². The summed E-state index contributed by atoms with van der Waals surface area (Å²) in [4.78, 5) is 26.1. The Kier molecular flexibility index (Phi) is 7.57. The van der Waals surface area contributed by atoms with Crippen molar-refractivity contribution in [3.8, 4) is 6.07 Å². The van der Waals surface area contributed by atoms with E-state index in [-0.39, 0.29) is 31.9 Å². The summed E-state index contributed by atoms with van der Waals surface area (Å²) in [7, 11) is 0. The first-order valence-electron chi connectivity index (χ1n) is 8.95. The Morgan fingerprint density at radius 3 is 2.37 bits per heavy atom. The molecule has 0 radical (unpaired) electrons. The standard InChI is InChI=1S/C22H24N2O3/c1-17-13-18(2)15-20(14-17)24(12-6-11-23)21(25)16-27-22(26)10-9-19-7-4-3-5-8-19/h3-5,7-8,13-15H,6,9-10,12,16H2,1-2H3. The fourth-order valence-corrected chi connectivity index (χ4v) is 2.85. The number of rotatable bonds is 8. The van der Waals surface area contributed by atoms with Gasteiger partial charge in [0.05, 0.1) is 12.5 Å². The van der Waals surface area contributed by atoms with Gasteiger partial charge >= 0.3 is 5.97 Å². The number of carbonyl (C=O) groups is 2. The van der Waals surface area contributed by atoms with E-state index < -0.39 is 5.97 Å². The molecule has 140 valence electrons. The molecule has 0 aliphatic rings. The third-order valence-corrected chi connectivity index (χ3v) is 4.08. The smallest absolute Gasteiger partial charge is 0.306 e. The summed E-state index contributed by atoms with van der Waals surface area (Å²) in [6.07, 6.45) is 1.00. The number of anilines is 1. The molecule has 0 saturated carbocycles. The second-order valence-electron chi connectivity index (χ2n) is 6.45. The zero-order valence-electron chi connectivity index (χ0n) is 15.8. The van der Waals surface area contributed by atoms with Crippen LogP contribution in [0.2, 0.25) is 0 Å². The lowest BCUT2D eigenvalue weighted by atomic mass is 10.1. The molecule has 0 aromatic heterocycles. The predicted octanol–water partition coefficient (Wildman–Crippen LogP) is 3.73. The van der Waals surface area contributed by atoms with E-state index in [0.29, 0.717) is 12.1 Å². The second-order valence-corrected chi connectivity index (χ2v) is 6.45. The molecule has 0 aliphatic carbocycles. The Labute approximate surface area is 160 Å². The lowest BCUT2D eigenvalue weighted by Crippen LogP contribution is -2.35. The van der Waals surface area contributed by atoms with Gasteiger partial charge in [-0.15, -0.1) is 0 Å². The maximum absolute atomic E-state index is 12.6. The molecule has 0 heterocycles. The van der Waals surface area contributed by atoms with Gasteiger partial charge in [0.2, 0.25) is 0 Å². The predicted molar refractivity (Wildman–Crippen MR) is 104 cm³/mol. The lowest BCUT2D eigenvalue weighted by Gasteiger charge is -2.22. The van der Waals surface area contributed by atoms with Crippen LogP contribution in [0, 0.1) is 25.2 Å². The average molecular weight is 364 g/mol. The summed E-state index contributed by atoms with van der Waals surface area (Å²) < 4.78 is 5.16. The normalized spacial score (nSPS) is 10.1. The van der Waals surface area contributed by atoms with E-state index in [2.05, 4.69) is 6.07 Å². The number of hydrogen-bond donors (Lipinski definition) is 0. The molecule has 2 rings (SSSR count). The van der Waals surface area contributed by atoms with Crippen LogP contribution in [0.15, 0.2) is 48.5 Å². The number of nitrogens with zero attached hydrogens (tertiary/aromatic N) is 2. The van der Waals surface area contributed by atoms with Crippen molar-refractivity contribution < 1.29 is 14.3 Å². The van der Waals surface area contributed by atoms with Crippen molar-refractivity contribution in [3.05, 3.63) is 65.2 Å². The molecule has 0 spiro atoms. The molecule has 0 N–H and O–H groups in total. The van der Waals surface area contributed by atoms with Gasteiger partial charge < -0.3 is 9.64 Å². The van der Waals surface area contributed by atoms with Crippen LogP contribution < -0.4 is 4.90 Å². The number of aryl methyl sites for hydroxylation is 3. The van der Waals surface area contributed by atoms with Gasteiger partial charge in [0.15, 0.2) is 6.61 Å². The van der Waals surface area contributed by atoms with Crippen molar-refractivity contribution in [1.29, 1.82) is 5.26 Å². The number of hydrogen-bond acceptors (Lipinski definition) is 4. The zero-order valence-corrected chi connectivity index (χ0v) is 15.8. The average Bonchev–Trinajstić information content (AvgIpc) is 2.65. The van der Waals surface area contributed by atoms with Gasteiger partial charge in [0, 0.05) is 18.7 Å². The maximum Gasteiger partial charge on any atom is 0.306 e. The minimum atomic E-state index is -0.409. The molecule has 0 saturated heterocycles. The Balaban J connectivity index is 1.95. The zero-order chi connectivity index (χ0) is 19.6. The summed E-state index contributed by atoms with van der Waals surface area (Å²) >= 11 is 0. The highest BCUT2D eigenvalue weighted by molar-refractivity contribution is 5.95. The number of amides is 1. The van der Waals surface area contributed by atoms with Crippen molar-refractivity contribution >= 4 is 17.6 Å². The van der Waals surface area contributed by atoms with Crippen LogP contribution in [0.5, 0.6) is 0 Å². The van der Waals surface area contributed by atoms with Gasteiger partial charge in [-0.05, 0) is 49.1 Å². The number of nitriles is 1. The Bertz CT molecular complexity index is 805. The quantitative estimate of drug-likeness (QED) is 0.669. The van der Waals surface area contributed by atoms with E-state index >= 15 is 0 Å². The van der Waals surface area contributed by atoms with Gasteiger partial charge in [0.1, 0.15) is 0 Å². The van der Waals surface area contributed by atoms with E-state index in [1.165, 1.54) is 4.90 Å². The molecule has 5 heteroatoms. The molecule has 0 bridgehead atoms. The van der Waals surface area contributed by atoms with E-state index in [1.807, 2.05) is 62.4 Å². The Morgan fingerprint density at radius 1 is 1.07 bits per heavy atom. The van der Waals surface area contributed by atoms with Crippen LogP contribution in [0.25, 0.3) is 0 Å². The summed E-state index contributed by atoms with van der Waals surface area (Å²) in [6, 6.07) is 17.5. The van der Waals surface area contributed by atoms with Crippen LogP contribution >= 0.6 is 0 Å². The first-order valence-corrected chi connectivity index (χ1v) is 8.95. The molecule has 27 heavy (non-hydrogen) atoms. The van der Waals surface area contributed by atoms with Gasteiger partial charge in [0.25, 0.3) is 5.91 Å². The van der Waals surface area contributed by atoms with Crippen molar-refractivity contribution in [1.82, 2.24) is 0 Å². The summed E-state index contributed by atoms with van der Waals surface area (Å²) in [5.74, 6) is -0.740.